The molecule has 0 aliphatic carbocycles. The van der Waals surface area contributed by atoms with E-state index in [4.69, 9.17) is 0 Å². The lowest BCUT2D eigenvalue weighted by Crippen LogP contribution is -1.99. The first-order valence-corrected chi connectivity index (χ1v) is 6.29. The molecule has 1 aromatic carbocycles. The van der Waals surface area contributed by atoms with Crippen molar-refractivity contribution in [1.82, 2.24) is 4.98 Å². The van der Waals surface area contributed by atoms with Crippen molar-refractivity contribution < 1.29 is 13.7 Å². The molecule has 0 spiro atoms. The molecule has 1 aromatic heterocycles. The summed E-state index contributed by atoms with van der Waals surface area (Å²) in [7, 11) is 1.48. The lowest BCUT2D eigenvalue weighted by atomic mass is 10.3. The second-order valence-corrected chi connectivity index (χ2v) is 4.77. The van der Waals surface area contributed by atoms with Crippen LogP contribution in [0, 0.1) is 21.7 Å². The summed E-state index contributed by atoms with van der Waals surface area (Å²) in [6.45, 7) is 0. The Hall–Kier alpha value is -2.22. The van der Waals surface area contributed by atoms with Gasteiger partial charge in [0, 0.05) is 30.1 Å². The number of non-ortho nitro benzene ring substituents is 1. The number of benzene rings is 1. The molecule has 0 fully saturated rings. The second kappa shape index (κ2) is 5.83. The Balaban J connectivity index is 2.27. The number of halogens is 2. The van der Waals surface area contributed by atoms with Crippen molar-refractivity contribution in [3.8, 4) is 0 Å². The minimum atomic E-state index is -0.787. The Kier molecular flexibility index (Phi) is 4.14. The molecular weight excluding hydrogens is 288 g/mol. The van der Waals surface area contributed by atoms with Crippen molar-refractivity contribution in [3.63, 3.8) is 0 Å². The van der Waals surface area contributed by atoms with E-state index in [1.54, 1.807) is 0 Å². The van der Waals surface area contributed by atoms with Crippen molar-refractivity contribution in [3.05, 3.63) is 52.1 Å². The van der Waals surface area contributed by atoms with E-state index in [9.17, 15) is 18.9 Å². The van der Waals surface area contributed by atoms with E-state index >= 15 is 0 Å². The van der Waals surface area contributed by atoms with Crippen LogP contribution in [-0.2, 0) is 0 Å². The zero-order valence-corrected chi connectivity index (χ0v) is 11.1. The molecular formula is C12H9F2N3O2S. The largest absolute Gasteiger partial charge is 0.371 e. The third kappa shape index (κ3) is 3.02. The lowest BCUT2D eigenvalue weighted by molar-refractivity contribution is -0.384. The first-order valence-electron chi connectivity index (χ1n) is 5.47. The van der Waals surface area contributed by atoms with Gasteiger partial charge >= 0.3 is 0 Å². The highest BCUT2D eigenvalue weighted by molar-refractivity contribution is 7.99. The summed E-state index contributed by atoms with van der Waals surface area (Å²) in [4.78, 5) is 14.4. The number of nitro groups is 1. The first kappa shape index (κ1) is 14.2. The van der Waals surface area contributed by atoms with Gasteiger partial charge in [0.1, 0.15) is 5.03 Å². The molecule has 0 amide bonds. The zero-order valence-electron chi connectivity index (χ0n) is 10.3. The number of anilines is 1. The molecule has 1 N–H and O–H groups in total. The number of nitrogens with one attached hydrogen (secondary N) is 1. The third-order valence-corrected chi connectivity index (χ3v) is 3.38. The van der Waals surface area contributed by atoms with E-state index in [0.717, 1.165) is 17.8 Å². The number of nitro benzene ring substituents is 1. The Morgan fingerprint density at radius 2 is 1.90 bits per heavy atom. The fraction of sp³-hybridized carbons (Fsp3) is 0.0833. The van der Waals surface area contributed by atoms with E-state index in [1.165, 1.54) is 31.3 Å². The Bertz CT molecular complexity index is 650. The highest BCUT2D eigenvalue weighted by Crippen LogP contribution is 2.31. The molecule has 0 bridgehead atoms. The molecule has 0 aliphatic heterocycles. The summed E-state index contributed by atoms with van der Waals surface area (Å²) in [6.07, 6.45) is 0. The molecule has 8 heteroatoms. The SMILES string of the molecule is CNc1nc(Sc2ccc([N+](=O)[O-])cc2)c(F)cc1F. The van der Waals surface area contributed by atoms with Gasteiger partial charge in [0.2, 0.25) is 0 Å². The van der Waals surface area contributed by atoms with E-state index in [2.05, 4.69) is 10.3 Å². The van der Waals surface area contributed by atoms with E-state index in [-0.39, 0.29) is 16.5 Å². The summed E-state index contributed by atoms with van der Waals surface area (Å²) in [5, 5.41) is 13.0. The summed E-state index contributed by atoms with van der Waals surface area (Å²) in [6, 6.07) is 6.32. The Labute approximate surface area is 117 Å². The summed E-state index contributed by atoms with van der Waals surface area (Å²) in [5.74, 6) is -1.63. The van der Waals surface area contributed by atoms with Gasteiger partial charge < -0.3 is 5.32 Å². The Morgan fingerprint density at radius 3 is 2.45 bits per heavy atom. The highest BCUT2D eigenvalue weighted by Gasteiger charge is 2.13. The van der Waals surface area contributed by atoms with Crippen LogP contribution in [0.1, 0.15) is 0 Å². The van der Waals surface area contributed by atoms with Crippen LogP contribution < -0.4 is 5.32 Å². The van der Waals surface area contributed by atoms with Crippen molar-refractivity contribution in [2.75, 3.05) is 12.4 Å². The number of hydrogen-bond acceptors (Lipinski definition) is 5. The predicted molar refractivity (Wildman–Crippen MR) is 70.9 cm³/mol. The summed E-state index contributed by atoms with van der Waals surface area (Å²) < 4.78 is 26.9. The fourth-order valence-corrected chi connectivity index (χ4v) is 2.23. The van der Waals surface area contributed by atoms with E-state index in [0.29, 0.717) is 4.90 Å². The molecule has 0 saturated heterocycles. The zero-order chi connectivity index (χ0) is 14.7. The standard InChI is InChI=1S/C12H9F2N3O2S/c1-15-11-9(13)6-10(14)12(16-11)20-8-4-2-7(3-5-8)17(18)19/h2-6H,1H3,(H,15,16). The Morgan fingerprint density at radius 1 is 1.25 bits per heavy atom. The van der Waals surface area contributed by atoms with E-state index < -0.39 is 16.6 Å². The van der Waals surface area contributed by atoms with Gasteiger partial charge in [-0.2, -0.15) is 0 Å². The average Bonchev–Trinajstić information content (AvgIpc) is 2.42. The van der Waals surface area contributed by atoms with Crippen molar-refractivity contribution >= 4 is 23.3 Å². The van der Waals surface area contributed by atoms with Crippen LogP contribution in [0.5, 0.6) is 0 Å². The maximum atomic E-state index is 13.6. The van der Waals surface area contributed by atoms with Crippen LogP contribution in [0.2, 0.25) is 0 Å². The molecule has 5 nitrogen and oxygen atoms in total. The number of nitrogens with zero attached hydrogens (tertiary/aromatic N) is 2. The van der Waals surface area contributed by atoms with Gasteiger partial charge in [-0.05, 0) is 12.1 Å². The van der Waals surface area contributed by atoms with E-state index in [1.807, 2.05) is 0 Å². The van der Waals surface area contributed by atoms with Gasteiger partial charge in [-0.25, -0.2) is 13.8 Å². The molecule has 104 valence electrons. The van der Waals surface area contributed by atoms with Crippen LogP contribution in [-0.4, -0.2) is 17.0 Å². The molecule has 0 radical (unpaired) electrons. The highest BCUT2D eigenvalue weighted by atomic mass is 32.2. The average molecular weight is 297 g/mol. The molecule has 0 aliphatic rings. The lowest BCUT2D eigenvalue weighted by Gasteiger charge is -2.06. The van der Waals surface area contributed by atoms with Crippen molar-refractivity contribution in [1.29, 1.82) is 0 Å². The quantitative estimate of drug-likeness (QED) is 0.691. The minimum absolute atomic E-state index is 0.00963. The second-order valence-electron chi connectivity index (χ2n) is 3.71. The van der Waals surface area contributed by atoms with Crippen LogP contribution in [0.15, 0.2) is 40.3 Å². The minimum Gasteiger partial charge on any atom is -0.371 e. The molecule has 2 rings (SSSR count). The smallest absolute Gasteiger partial charge is 0.269 e. The molecule has 20 heavy (non-hydrogen) atoms. The summed E-state index contributed by atoms with van der Waals surface area (Å²) >= 11 is 0.957. The number of pyridine rings is 1. The van der Waals surface area contributed by atoms with Gasteiger partial charge in [-0.1, -0.05) is 11.8 Å². The first-order chi connectivity index (χ1) is 9.51. The topological polar surface area (TPSA) is 68.1 Å². The third-order valence-electron chi connectivity index (χ3n) is 2.40. The van der Waals surface area contributed by atoms with Crippen molar-refractivity contribution in [2.45, 2.75) is 9.92 Å². The molecule has 0 saturated carbocycles. The number of hydrogen-bond donors (Lipinski definition) is 1. The van der Waals surface area contributed by atoms with Crippen LogP contribution in [0.25, 0.3) is 0 Å². The number of aromatic nitrogens is 1. The van der Waals surface area contributed by atoms with Crippen LogP contribution in [0.3, 0.4) is 0 Å². The van der Waals surface area contributed by atoms with Gasteiger partial charge in [0.25, 0.3) is 5.69 Å². The summed E-state index contributed by atoms with van der Waals surface area (Å²) in [5.41, 5.74) is -0.0576. The van der Waals surface area contributed by atoms with Gasteiger partial charge in [0.15, 0.2) is 17.5 Å². The number of rotatable bonds is 4. The van der Waals surface area contributed by atoms with Gasteiger partial charge in [0.05, 0.1) is 4.92 Å². The van der Waals surface area contributed by atoms with Crippen molar-refractivity contribution in [2.24, 2.45) is 0 Å². The van der Waals surface area contributed by atoms with Gasteiger partial charge in [-0.3, -0.25) is 10.1 Å². The fourth-order valence-electron chi connectivity index (χ4n) is 1.44. The van der Waals surface area contributed by atoms with Crippen LogP contribution in [0.4, 0.5) is 20.3 Å². The maximum Gasteiger partial charge on any atom is 0.269 e. The van der Waals surface area contributed by atoms with Crippen LogP contribution >= 0.6 is 11.8 Å². The molecule has 0 unspecified atom stereocenters. The van der Waals surface area contributed by atoms with Gasteiger partial charge in [-0.15, -0.1) is 0 Å². The molecule has 2 aromatic rings. The predicted octanol–water partition coefficient (Wildman–Crippen LogP) is 3.46. The monoisotopic (exact) mass is 297 g/mol. The molecule has 1 heterocycles. The molecule has 0 atom stereocenters. The maximum absolute atomic E-state index is 13.6. The normalized spacial score (nSPS) is 10.3.